The predicted molar refractivity (Wildman–Crippen MR) is 258 cm³/mol. The smallest absolute Gasteiger partial charge is 0.304 e. The van der Waals surface area contributed by atoms with Gasteiger partial charge in [0.25, 0.3) is 17.7 Å². The molecule has 362 valence electrons. The molecule has 4 amide bonds. The van der Waals surface area contributed by atoms with Gasteiger partial charge in [-0.25, -0.2) is 13.1 Å². The third kappa shape index (κ3) is 8.21. The number of carboxylic acids is 1. The Hall–Kier alpha value is -7.18. The second kappa shape index (κ2) is 18.0. The molecular weight excluding hydrogens is 915 g/mol. The minimum absolute atomic E-state index is 0.0462. The molecule has 2 N–H and O–H groups in total. The van der Waals surface area contributed by atoms with Gasteiger partial charge in [0.05, 0.1) is 25.6 Å². The van der Waals surface area contributed by atoms with Crippen LogP contribution in [0.15, 0.2) is 83.8 Å². The number of likely N-dealkylation sites (N-methyl/N-ethyl adjacent to an activating group) is 1. The van der Waals surface area contributed by atoms with Crippen molar-refractivity contribution in [2.45, 2.75) is 100 Å². The van der Waals surface area contributed by atoms with Gasteiger partial charge in [-0.1, -0.05) is 41.6 Å². The molecule has 4 aliphatic rings. The Morgan fingerprint density at radius 1 is 0.914 bits per heavy atom. The van der Waals surface area contributed by atoms with Crippen LogP contribution in [0.3, 0.4) is 0 Å². The molecule has 0 bridgehead atoms. The summed E-state index contributed by atoms with van der Waals surface area (Å²) in [5.41, 5.74) is 6.61. The highest BCUT2D eigenvalue weighted by atomic mass is 32.2. The number of piperidine rings is 1. The molecular formula is C52H53N7O10S. The molecule has 10 rings (SSSR count). The van der Waals surface area contributed by atoms with E-state index in [9.17, 15) is 37.5 Å². The lowest BCUT2D eigenvalue weighted by atomic mass is 9.81. The Balaban J connectivity index is 0.847. The van der Waals surface area contributed by atoms with Crippen LogP contribution in [-0.4, -0.2) is 111 Å². The van der Waals surface area contributed by atoms with Crippen molar-refractivity contribution in [3.63, 3.8) is 0 Å². The number of imide groups is 2. The number of anilines is 1. The Bertz CT molecular complexity index is 3290. The third-order valence-corrected chi connectivity index (χ3v) is 16.4. The quantitative estimate of drug-likeness (QED) is 0.127. The van der Waals surface area contributed by atoms with Crippen molar-refractivity contribution in [2.24, 2.45) is 7.05 Å². The summed E-state index contributed by atoms with van der Waals surface area (Å²) >= 11 is 0. The molecule has 1 saturated heterocycles. The van der Waals surface area contributed by atoms with Crippen LogP contribution < -0.4 is 14.8 Å². The summed E-state index contributed by atoms with van der Waals surface area (Å²) in [5, 5.41) is 23.3. The van der Waals surface area contributed by atoms with Gasteiger partial charge in [-0.15, -0.1) is 5.10 Å². The minimum atomic E-state index is -4.05. The number of methoxy groups -OCH3 is 1. The lowest BCUT2D eigenvalue weighted by molar-refractivity contribution is -0.149. The number of likely N-dealkylation sites (tertiary alicyclic amines) is 1. The number of benzene rings is 5. The molecule has 70 heavy (non-hydrogen) atoms. The molecule has 2 fully saturated rings. The molecule has 0 spiro atoms. The van der Waals surface area contributed by atoms with E-state index in [4.69, 9.17) is 9.47 Å². The number of nitrogens with one attached hydrogen (secondary N) is 1. The first-order chi connectivity index (χ1) is 33.5. The Morgan fingerprint density at radius 3 is 2.44 bits per heavy atom. The third-order valence-electron chi connectivity index (χ3n) is 14.6. The Kier molecular flexibility index (Phi) is 11.9. The van der Waals surface area contributed by atoms with E-state index in [0.717, 1.165) is 63.2 Å². The molecule has 1 aromatic heterocycles. The van der Waals surface area contributed by atoms with E-state index in [1.54, 1.807) is 42.1 Å². The highest BCUT2D eigenvalue weighted by Crippen LogP contribution is 2.42. The van der Waals surface area contributed by atoms with Crippen LogP contribution in [0.4, 0.5) is 5.69 Å². The van der Waals surface area contributed by atoms with Crippen LogP contribution in [0.1, 0.15) is 112 Å². The summed E-state index contributed by atoms with van der Waals surface area (Å²) in [6.45, 7) is 3.90. The fraction of sp³-hybridized carbons (Fsp3) is 0.365. The number of aliphatic carboxylic acids is 1. The number of rotatable bonds is 11. The van der Waals surface area contributed by atoms with E-state index in [-0.39, 0.29) is 55.1 Å². The largest absolute Gasteiger partial charge is 0.494 e. The number of nitrogens with zero attached hydrogens (tertiary/aromatic N) is 6. The van der Waals surface area contributed by atoms with Crippen molar-refractivity contribution >= 4 is 67.1 Å². The molecule has 1 saturated carbocycles. The number of sulfonamides is 1. The zero-order valence-electron chi connectivity index (χ0n) is 39.5. The van der Waals surface area contributed by atoms with Crippen LogP contribution in [0.5, 0.6) is 11.5 Å². The zero-order chi connectivity index (χ0) is 49.3. The standard InChI is InChI=1S/C52H53N7O10S/c1-28-9-10-32(39(25-47(61)62)34-21-41-49(44(23-34)68-5)57(4)55-54-41)19-35(28)27-58-26-29(2)69-43-22-31(13-17-45(43)70(58,66)67)30-11-14-36(15-12-30)53-37-20-33-7-6-8-38-48(33)40(24-37)51(64)59(50(38)63)42-16-18-46(60)56(3)52(42)65/h6-10,13,17,19-24,29-30,36,39,42,53H,11-12,14-16,18,25-27H2,1-5H3,(H,61,62)/t29-,30?,36?,39+,42?/m1/s1. The lowest BCUT2D eigenvalue weighted by Crippen LogP contribution is -2.57. The summed E-state index contributed by atoms with van der Waals surface area (Å²) in [7, 11) is 0.622. The SMILES string of the molecule is COc1cc([C@@H](CC(=O)O)c2ccc(C)c(CN3C[C@@H](C)Oc4cc(C5CCC(Nc6cc7c8c(cccc8c6)C(=O)N(C6CCC(=O)N(C)C6=O)C7=O)CC5)ccc4S3(=O)=O)c2)cc2nnn(C)c12. The first-order valence-electron chi connectivity index (χ1n) is 23.5. The summed E-state index contributed by atoms with van der Waals surface area (Å²) in [6, 6.07) is 22.7. The zero-order valence-corrected chi connectivity index (χ0v) is 40.3. The van der Waals surface area contributed by atoms with Gasteiger partial charge in [0.2, 0.25) is 15.9 Å². The van der Waals surface area contributed by atoms with Crippen molar-refractivity contribution in [1.29, 1.82) is 0 Å². The minimum Gasteiger partial charge on any atom is -0.494 e. The van der Waals surface area contributed by atoms with Gasteiger partial charge in [-0.2, -0.15) is 4.31 Å². The molecule has 17 nitrogen and oxygen atoms in total. The van der Waals surface area contributed by atoms with Gasteiger partial charge in [-0.3, -0.25) is 33.8 Å². The van der Waals surface area contributed by atoms with E-state index >= 15 is 0 Å². The Morgan fingerprint density at radius 2 is 1.69 bits per heavy atom. The maximum absolute atomic E-state index is 14.6. The fourth-order valence-electron chi connectivity index (χ4n) is 10.9. The fourth-order valence-corrected chi connectivity index (χ4v) is 12.4. The first kappa shape index (κ1) is 46.5. The second-order valence-electron chi connectivity index (χ2n) is 19.0. The van der Waals surface area contributed by atoms with E-state index in [0.29, 0.717) is 50.2 Å². The van der Waals surface area contributed by atoms with Crippen LogP contribution in [0.25, 0.3) is 21.8 Å². The van der Waals surface area contributed by atoms with Gasteiger partial charge < -0.3 is 19.9 Å². The second-order valence-corrected chi connectivity index (χ2v) is 20.9. The van der Waals surface area contributed by atoms with Crippen molar-refractivity contribution in [3.8, 4) is 11.5 Å². The van der Waals surface area contributed by atoms with E-state index in [1.165, 1.54) is 18.5 Å². The number of amides is 4. The van der Waals surface area contributed by atoms with Gasteiger partial charge in [0.15, 0.2) is 0 Å². The molecule has 1 aliphatic carbocycles. The lowest BCUT2D eigenvalue weighted by Gasteiger charge is -2.37. The summed E-state index contributed by atoms with van der Waals surface area (Å²) in [4.78, 5) is 67.6. The van der Waals surface area contributed by atoms with Gasteiger partial charge in [0, 0.05) is 55.7 Å². The number of aromatic nitrogens is 3. The van der Waals surface area contributed by atoms with Crippen molar-refractivity contribution in [1.82, 2.24) is 29.1 Å². The number of ether oxygens (including phenoxy) is 2. The van der Waals surface area contributed by atoms with Crippen molar-refractivity contribution < 1.29 is 47.0 Å². The van der Waals surface area contributed by atoms with Gasteiger partial charge >= 0.3 is 5.97 Å². The van der Waals surface area contributed by atoms with E-state index in [1.807, 2.05) is 62.4 Å². The number of hydrogen-bond acceptors (Lipinski definition) is 12. The number of carboxylic acid groups (broad SMARTS) is 1. The molecule has 6 aromatic rings. The molecule has 1 unspecified atom stereocenters. The van der Waals surface area contributed by atoms with Crippen LogP contribution >= 0.6 is 0 Å². The van der Waals surface area contributed by atoms with Crippen LogP contribution in [0, 0.1) is 6.92 Å². The molecule has 5 aromatic carbocycles. The molecule has 3 atom stereocenters. The van der Waals surface area contributed by atoms with Gasteiger partial charge in [-0.05, 0) is 128 Å². The Labute approximate surface area is 404 Å². The molecule has 4 heterocycles. The first-order valence-corrected chi connectivity index (χ1v) is 25.0. The maximum Gasteiger partial charge on any atom is 0.304 e. The molecule has 18 heteroatoms. The number of carbonyl (C=O) groups is 5. The number of aryl methyl sites for hydroxylation is 2. The molecule has 3 aliphatic heterocycles. The van der Waals surface area contributed by atoms with Crippen molar-refractivity contribution in [3.05, 3.63) is 118 Å². The van der Waals surface area contributed by atoms with E-state index in [2.05, 4.69) is 15.6 Å². The number of hydrogen-bond donors (Lipinski definition) is 2. The van der Waals surface area contributed by atoms with Crippen LogP contribution in [0.2, 0.25) is 0 Å². The average Bonchev–Trinajstić information content (AvgIpc) is 3.68. The topological polar surface area (TPSA) is 211 Å². The average molecular weight is 968 g/mol. The maximum atomic E-state index is 14.6. The number of carbonyl (C=O) groups excluding carboxylic acids is 4. The number of fused-ring (bicyclic) bond motifs is 2. The predicted octanol–water partition coefficient (Wildman–Crippen LogP) is 6.90. The monoisotopic (exact) mass is 967 g/mol. The van der Waals surface area contributed by atoms with Gasteiger partial charge in [0.1, 0.15) is 39.6 Å². The summed E-state index contributed by atoms with van der Waals surface area (Å²) in [5.74, 6) is -2.65. The normalized spacial score (nSPS) is 21.9. The summed E-state index contributed by atoms with van der Waals surface area (Å²) < 4.78 is 44.2. The highest BCUT2D eigenvalue weighted by molar-refractivity contribution is 7.89. The van der Waals surface area contributed by atoms with Crippen LogP contribution in [-0.2, 0) is 38.0 Å². The van der Waals surface area contributed by atoms with E-state index < -0.39 is 51.8 Å². The molecule has 0 radical (unpaired) electrons. The summed E-state index contributed by atoms with van der Waals surface area (Å²) in [6.07, 6.45) is 2.64. The highest BCUT2D eigenvalue weighted by Gasteiger charge is 2.45. The van der Waals surface area contributed by atoms with Crippen molar-refractivity contribution in [2.75, 3.05) is 26.0 Å².